The topological polar surface area (TPSA) is 59.1 Å². The lowest BCUT2D eigenvalue weighted by atomic mass is 9.78. The Morgan fingerprint density at radius 3 is 2.28 bits per heavy atom. The van der Waals surface area contributed by atoms with Crippen LogP contribution in [0.2, 0.25) is 0 Å². The number of ether oxygens (including phenoxy) is 2. The highest BCUT2D eigenvalue weighted by molar-refractivity contribution is 6.01. The van der Waals surface area contributed by atoms with Gasteiger partial charge in [0.2, 0.25) is 5.91 Å². The van der Waals surface area contributed by atoms with Crippen LogP contribution in [0.25, 0.3) is 0 Å². The van der Waals surface area contributed by atoms with Gasteiger partial charge >= 0.3 is 0 Å². The Hall–Kier alpha value is -3.02. The van der Waals surface area contributed by atoms with Crippen LogP contribution in [0, 0.1) is 11.8 Å². The molecule has 0 unspecified atom stereocenters. The summed E-state index contributed by atoms with van der Waals surface area (Å²) in [5.41, 5.74) is 2.25. The first-order valence-corrected chi connectivity index (χ1v) is 11.2. The van der Waals surface area contributed by atoms with Crippen LogP contribution in [0.1, 0.15) is 53.7 Å². The van der Waals surface area contributed by atoms with E-state index < -0.39 is 12.0 Å². The van der Waals surface area contributed by atoms with Gasteiger partial charge in [-0.3, -0.25) is 9.59 Å². The molecule has 1 fully saturated rings. The maximum absolute atomic E-state index is 14.1. The van der Waals surface area contributed by atoms with Crippen molar-refractivity contribution in [3.8, 4) is 11.5 Å². The molecule has 1 saturated heterocycles. The van der Waals surface area contributed by atoms with Crippen LogP contribution in [-0.2, 0) is 4.79 Å². The monoisotopic (exact) mass is 436 g/mol. The van der Waals surface area contributed by atoms with E-state index in [2.05, 4.69) is 13.8 Å². The predicted molar refractivity (Wildman–Crippen MR) is 123 cm³/mol. The zero-order chi connectivity index (χ0) is 23.0. The number of nitrogens with zero attached hydrogens (tertiary/aromatic N) is 2. The Morgan fingerprint density at radius 1 is 0.969 bits per heavy atom. The van der Waals surface area contributed by atoms with Gasteiger partial charge in [0.25, 0.3) is 5.91 Å². The lowest BCUT2D eigenvalue weighted by Crippen LogP contribution is -2.50. The summed E-state index contributed by atoms with van der Waals surface area (Å²) < 4.78 is 10.9. The summed E-state index contributed by atoms with van der Waals surface area (Å²) in [4.78, 5) is 31.0. The second kappa shape index (κ2) is 8.85. The van der Waals surface area contributed by atoms with Crippen molar-refractivity contribution in [1.29, 1.82) is 0 Å². The number of fused-ring (bicyclic) bond motifs is 1. The molecule has 2 aliphatic rings. The van der Waals surface area contributed by atoms with E-state index in [1.807, 2.05) is 47.4 Å². The van der Waals surface area contributed by atoms with Gasteiger partial charge in [-0.2, -0.15) is 0 Å². The highest BCUT2D eigenvalue weighted by Crippen LogP contribution is 2.45. The molecule has 6 nitrogen and oxygen atoms in total. The van der Waals surface area contributed by atoms with Crippen molar-refractivity contribution in [3.63, 3.8) is 0 Å². The lowest BCUT2D eigenvalue weighted by Gasteiger charge is -2.43. The van der Waals surface area contributed by atoms with Gasteiger partial charge in [0.1, 0.15) is 0 Å². The zero-order valence-corrected chi connectivity index (χ0v) is 19.5. The molecule has 0 saturated carbocycles. The third kappa shape index (κ3) is 3.83. The standard InChI is InChI=1S/C26H32N2O4/c1-16-12-17(2)15-28(14-16)26(30)23-19-8-6-7-9-20(19)25(29)27(3)24(23)18-10-11-21(31-4)22(13-18)32-5/h6-11,13,16-17,23-24H,12,14-15H2,1-5H3/t16-,17+,23-,24+/m0/s1. The first-order chi connectivity index (χ1) is 15.3. The van der Waals surface area contributed by atoms with Gasteiger partial charge in [0.15, 0.2) is 11.5 Å². The Labute approximate surface area is 190 Å². The van der Waals surface area contributed by atoms with E-state index >= 15 is 0 Å². The highest BCUT2D eigenvalue weighted by Gasteiger charge is 2.45. The van der Waals surface area contributed by atoms with Gasteiger partial charge in [-0.25, -0.2) is 0 Å². The van der Waals surface area contributed by atoms with Crippen molar-refractivity contribution < 1.29 is 19.1 Å². The number of carbonyl (C=O) groups excluding carboxylic acids is 2. The fourth-order valence-corrected chi connectivity index (χ4v) is 5.43. The van der Waals surface area contributed by atoms with E-state index in [9.17, 15) is 9.59 Å². The number of likely N-dealkylation sites (N-methyl/N-ethyl adjacent to an activating group) is 1. The summed E-state index contributed by atoms with van der Waals surface area (Å²) in [6.45, 7) is 5.90. The number of likely N-dealkylation sites (tertiary alicyclic amines) is 1. The fourth-order valence-electron chi connectivity index (χ4n) is 5.43. The number of piperidine rings is 1. The van der Waals surface area contributed by atoms with E-state index in [-0.39, 0.29) is 11.8 Å². The Kier molecular flexibility index (Phi) is 6.13. The molecular formula is C26H32N2O4. The summed E-state index contributed by atoms with van der Waals surface area (Å²) in [7, 11) is 4.96. The average molecular weight is 437 g/mol. The fraction of sp³-hybridized carbons (Fsp3) is 0.462. The maximum Gasteiger partial charge on any atom is 0.254 e. The minimum absolute atomic E-state index is 0.0787. The minimum Gasteiger partial charge on any atom is -0.493 e. The van der Waals surface area contributed by atoms with Crippen LogP contribution in [-0.4, -0.2) is 56.0 Å². The molecule has 4 atom stereocenters. The number of benzene rings is 2. The second-order valence-corrected chi connectivity index (χ2v) is 9.23. The molecule has 2 heterocycles. The smallest absolute Gasteiger partial charge is 0.254 e. The summed E-state index contributed by atoms with van der Waals surface area (Å²) in [6.07, 6.45) is 1.13. The number of hydrogen-bond acceptors (Lipinski definition) is 4. The van der Waals surface area contributed by atoms with E-state index in [1.54, 1.807) is 26.2 Å². The third-order valence-electron chi connectivity index (χ3n) is 6.78. The number of rotatable bonds is 4. The summed E-state index contributed by atoms with van der Waals surface area (Å²) in [6, 6.07) is 12.7. The largest absolute Gasteiger partial charge is 0.493 e. The molecule has 32 heavy (non-hydrogen) atoms. The van der Waals surface area contributed by atoms with Crippen molar-refractivity contribution in [3.05, 3.63) is 59.2 Å². The molecule has 0 N–H and O–H groups in total. The summed E-state index contributed by atoms with van der Waals surface area (Å²) in [5.74, 6) is 1.63. The number of carbonyl (C=O) groups is 2. The molecule has 170 valence electrons. The summed E-state index contributed by atoms with van der Waals surface area (Å²) in [5, 5.41) is 0. The third-order valence-corrected chi connectivity index (χ3v) is 6.78. The quantitative estimate of drug-likeness (QED) is 0.724. The molecule has 0 radical (unpaired) electrons. The van der Waals surface area contributed by atoms with Gasteiger partial charge in [-0.15, -0.1) is 0 Å². The molecule has 0 aliphatic carbocycles. The van der Waals surface area contributed by atoms with Crippen molar-refractivity contribution >= 4 is 11.8 Å². The van der Waals surface area contributed by atoms with Gasteiger partial charge in [0, 0.05) is 25.7 Å². The van der Waals surface area contributed by atoms with Crippen molar-refractivity contribution in [2.75, 3.05) is 34.4 Å². The van der Waals surface area contributed by atoms with Gasteiger partial charge < -0.3 is 19.3 Å². The van der Waals surface area contributed by atoms with Gasteiger partial charge in [-0.1, -0.05) is 38.1 Å². The Balaban J connectivity index is 1.83. The first kappa shape index (κ1) is 22.2. The highest BCUT2D eigenvalue weighted by atomic mass is 16.5. The molecule has 0 aromatic heterocycles. The number of amides is 2. The molecule has 2 amide bonds. The molecule has 0 spiro atoms. The number of methoxy groups -OCH3 is 2. The van der Waals surface area contributed by atoms with Crippen molar-refractivity contribution in [2.24, 2.45) is 11.8 Å². The molecule has 6 heteroatoms. The predicted octanol–water partition coefficient (Wildman–Crippen LogP) is 4.12. The molecule has 2 aromatic rings. The first-order valence-electron chi connectivity index (χ1n) is 11.2. The van der Waals surface area contributed by atoms with Crippen LogP contribution in [0.3, 0.4) is 0 Å². The minimum atomic E-state index is -0.482. The van der Waals surface area contributed by atoms with Crippen molar-refractivity contribution in [2.45, 2.75) is 32.2 Å². The van der Waals surface area contributed by atoms with E-state index in [4.69, 9.17) is 9.47 Å². The van der Waals surface area contributed by atoms with E-state index in [0.717, 1.165) is 30.6 Å². The van der Waals surface area contributed by atoms with Crippen LogP contribution in [0.4, 0.5) is 0 Å². The number of hydrogen-bond donors (Lipinski definition) is 0. The molecule has 2 aliphatic heterocycles. The molecule has 4 rings (SSSR count). The molecule has 2 aromatic carbocycles. The second-order valence-electron chi connectivity index (χ2n) is 9.23. The zero-order valence-electron chi connectivity index (χ0n) is 19.5. The molecular weight excluding hydrogens is 404 g/mol. The van der Waals surface area contributed by atoms with E-state index in [1.165, 1.54) is 0 Å². The van der Waals surface area contributed by atoms with Crippen LogP contribution >= 0.6 is 0 Å². The molecule has 0 bridgehead atoms. The average Bonchev–Trinajstić information content (AvgIpc) is 2.79. The SMILES string of the molecule is COc1ccc([C@@H]2[C@@H](C(=O)N3C[C@H](C)C[C@H](C)C3)c3ccccc3C(=O)N2C)cc1OC. The van der Waals surface area contributed by atoms with Gasteiger partial charge in [0.05, 0.1) is 26.2 Å². The van der Waals surface area contributed by atoms with E-state index in [0.29, 0.717) is 28.9 Å². The van der Waals surface area contributed by atoms with Gasteiger partial charge in [-0.05, 0) is 47.6 Å². The normalized spacial score (nSPS) is 25.3. The van der Waals surface area contributed by atoms with Crippen molar-refractivity contribution in [1.82, 2.24) is 9.80 Å². The maximum atomic E-state index is 14.1. The van der Waals surface area contributed by atoms with Crippen LogP contribution < -0.4 is 9.47 Å². The van der Waals surface area contributed by atoms with Crippen LogP contribution in [0.5, 0.6) is 11.5 Å². The Bertz CT molecular complexity index is 1010. The Morgan fingerprint density at radius 2 is 1.62 bits per heavy atom. The lowest BCUT2D eigenvalue weighted by molar-refractivity contribution is -0.137. The summed E-state index contributed by atoms with van der Waals surface area (Å²) >= 11 is 0. The van der Waals surface area contributed by atoms with Crippen LogP contribution in [0.15, 0.2) is 42.5 Å².